The third kappa shape index (κ3) is 2.60. The SMILES string of the molecule is O=C(C1C=CC=C1)N(C(=O)C1C=CC=C1)c1ccccn1. The maximum absolute atomic E-state index is 12.7. The Kier molecular flexibility index (Phi) is 3.60. The van der Waals surface area contributed by atoms with Gasteiger partial charge in [0.1, 0.15) is 5.82 Å². The minimum atomic E-state index is -0.412. The van der Waals surface area contributed by atoms with Gasteiger partial charge in [-0.1, -0.05) is 54.7 Å². The predicted molar refractivity (Wildman–Crippen MR) is 80.3 cm³/mol. The highest BCUT2D eigenvalue weighted by atomic mass is 16.2. The zero-order chi connectivity index (χ0) is 14.7. The highest BCUT2D eigenvalue weighted by molar-refractivity contribution is 6.17. The molecule has 0 aromatic carbocycles. The van der Waals surface area contributed by atoms with Crippen molar-refractivity contribution in [2.45, 2.75) is 0 Å². The molecule has 0 radical (unpaired) electrons. The molecule has 4 nitrogen and oxygen atoms in total. The summed E-state index contributed by atoms with van der Waals surface area (Å²) in [6.07, 6.45) is 15.9. The molecule has 0 aliphatic heterocycles. The molecule has 1 aromatic heterocycles. The van der Waals surface area contributed by atoms with Crippen molar-refractivity contribution in [1.82, 2.24) is 4.98 Å². The van der Waals surface area contributed by atoms with Gasteiger partial charge in [0.25, 0.3) is 0 Å². The van der Waals surface area contributed by atoms with E-state index in [1.54, 1.807) is 73.0 Å². The molecule has 104 valence electrons. The van der Waals surface area contributed by atoms with E-state index in [4.69, 9.17) is 0 Å². The van der Waals surface area contributed by atoms with E-state index in [1.165, 1.54) is 4.90 Å². The summed E-state index contributed by atoms with van der Waals surface area (Å²) in [5.74, 6) is -1.03. The Bertz CT molecular complexity index is 607. The summed E-state index contributed by atoms with van der Waals surface area (Å²) in [5, 5.41) is 0. The van der Waals surface area contributed by atoms with Crippen molar-refractivity contribution in [3.63, 3.8) is 0 Å². The molecule has 2 aliphatic carbocycles. The van der Waals surface area contributed by atoms with Crippen LogP contribution < -0.4 is 4.90 Å². The minimum Gasteiger partial charge on any atom is -0.273 e. The van der Waals surface area contributed by atoms with Crippen LogP contribution in [-0.4, -0.2) is 16.8 Å². The fourth-order valence-electron chi connectivity index (χ4n) is 2.31. The monoisotopic (exact) mass is 278 g/mol. The van der Waals surface area contributed by atoms with Crippen molar-refractivity contribution in [3.05, 3.63) is 73.0 Å². The molecule has 0 atom stereocenters. The van der Waals surface area contributed by atoms with Crippen LogP contribution in [0.2, 0.25) is 0 Å². The molecule has 0 saturated carbocycles. The molecule has 21 heavy (non-hydrogen) atoms. The summed E-state index contributed by atoms with van der Waals surface area (Å²) >= 11 is 0. The fourth-order valence-corrected chi connectivity index (χ4v) is 2.31. The van der Waals surface area contributed by atoms with Crippen molar-refractivity contribution in [2.24, 2.45) is 11.8 Å². The van der Waals surface area contributed by atoms with Gasteiger partial charge in [-0.3, -0.25) is 9.59 Å². The zero-order valence-electron chi connectivity index (χ0n) is 11.3. The van der Waals surface area contributed by atoms with Gasteiger partial charge in [-0.25, -0.2) is 9.88 Å². The topological polar surface area (TPSA) is 50.3 Å². The average molecular weight is 278 g/mol. The summed E-state index contributed by atoms with van der Waals surface area (Å²) in [4.78, 5) is 30.6. The van der Waals surface area contributed by atoms with Gasteiger partial charge in [0, 0.05) is 6.20 Å². The van der Waals surface area contributed by atoms with Crippen molar-refractivity contribution in [2.75, 3.05) is 4.90 Å². The number of amides is 2. The lowest BCUT2D eigenvalue weighted by molar-refractivity contribution is -0.128. The number of imide groups is 1. The fraction of sp³-hybridized carbons (Fsp3) is 0.118. The average Bonchev–Trinajstić information content (AvgIpc) is 3.22. The molecule has 0 bridgehead atoms. The number of nitrogens with zero attached hydrogens (tertiary/aromatic N) is 2. The largest absolute Gasteiger partial charge is 0.273 e. The molecule has 1 aromatic rings. The van der Waals surface area contributed by atoms with Crippen LogP contribution in [0.1, 0.15) is 0 Å². The Labute approximate surface area is 122 Å². The van der Waals surface area contributed by atoms with E-state index in [2.05, 4.69) is 4.98 Å². The number of hydrogen-bond acceptors (Lipinski definition) is 3. The second-order valence-corrected chi connectivity index (χ2v) is 4.79. The molecule has 1 heterocycles. The molecule has 3 rings (SSSR count). The first-order chi connectivity index (χ1) is 10.3. The summed E-state index contributed by atoms with van der Waals surface area (Å²) in [5.41, 5.74) is 0. The van der Waals surface area contributed by atoms with Gasteiger partial charge in [0.2, 0.25) is 11.8 Å². The molecule has 4 heteroatoms. The van der Waals surface area contributed by atoms with Crippen LogP contribution in [0, 0.1) is 11.8 Å². The molecular formula is C17H14N2O2. The highest BCUT2D eigenvalue weighted by Gasteiger charge is 2.32. The number of carbonyl (C=O) groups excluding carboxylic acids is 2. The van der Waals surface area contributed by atoms with E-state index >= 15 is 0 Å². The van der Waals surface area contributed by atoms with Crippen LogP contribution in [0.15, 0.2) is 73.0 Å². The number of hydrogen-bond donors (Lipinski definition) is 0. The third-order valence-corrected chi connectivity index (χ3v) is 3.39. The predicted octanol–water partition coefficient (Wildman–Crippen LogP) is 2.43. The Morgan fingerprint density at radius 2 is 1.38 bits per heavy atom. The molecular weight excluding hydrogens is 264 g/mol. The van der Waals surface area contributed by atoms with Gasteiger partial charge < -0.3 is 0 Å². The maximum Gasteiger partial charge on any atom is 0.245 e. The van der Waals surface area contributed by atoms with E-state index < -0.39 is 11.8 Å². The molecule has 0 unspecified atom stereocenters. The number of aromatic nitrogens is 1. The molecule has 2 amide bonds. The number of rotatable bonds is 3. The van der Waals surface area contributed by atoms with Crippen LogP contribution in [-0.2, 0) is 9.59 Å². The third-order valence-electron chi connectivity index (χ3n) is 3.39. The van der Waals surface area contributed by atoms with Crippen LogP contribution in [0.4, 0.5) is 5.82 Å². The van der Waals surface area contributed by atoms with Crippen molar-refractivity contribution in [1.29, 1.82) is 0 Å². The van der Waals surface area contributed by atoms with E-state index in [0.717, 1.165) is 0 Å². The van der Waals surface area contributed by atoms with Crippen molar-refractivity contribution >= 4 is 17.6 Å². The van der Waals surface area contributed by atoms with Crippen molar-refractivity contribution < 1.29 is 9.59 Å². The van der Waals surface area contributed by atoms with Crippen LogP contribution in [0.25, 0.3) is 0 Å². The molecule has 0 fully saturated rings. The lowest BCUT2D eigenvalue weighted by atomic mass is 10.1. The summed E-state index contributed by atoms with van der Waals surface area (Å²) in [7, 11) is 0. The quantitative estimate of drug-likeness (QED) is 0.798. The van der Waals surface area contributed by atoms with Crippen LogP contribution in [0.3, 0.4) is 0 Å². The van der Waals surface area contributed by atoms with Gasteiger partial charge in [-0.15, -0.1) is 0 Å². The Balaban J connectivity index is 1.94. The first-order valence-corrected chi connectivity index (χ1v) is 6.76. The molecule has 0 spiro atoms. The Hall–Kier alpha value is -2.75. The van der Waals surface area contributed by atoms with E-state index in [1.807, 2.05) is 0 Å². The molecule has 0 N–H and O–H groups in total. The van der Waals surface area contributed by atoms with Gasteiger partial charge in [0.05, 0.1) is 11.8 Å². The summed E-state index contributed by atoms with van der Waals surface area (Å²) in [6.45, 7) is 0. The number of carbonyl (C=O) groups is 2. The number of allylic oxidation sites excluding steroid dienone is 4. The number of anilines is 1. The highest BCUT2D eigenvalue weighted by Crippen LogP contribution is 2.22. The second-order valence-electron chi connectivity index (χ2n) is 4.79. The first kappa shape index (κ1) is 13.2. The first-order valence-electron chi connectivity index (χ1n) is 6.76. The van der Waals surface area contributed by atoms with Crippen molar-refractivity contribution in [3.8, 4) is 0 Å². The van der Waals surface area contributed by atoms with Gasteiger partial charge in [-0.05, 0) is 12.1 Å². The van der Waals surface area contributed by atoms with Crippen LogP contribution >= 0.6 is 0 Å². The van der Waals surface area contributed by atoms with Crippen LogP contribution in [0.5, 0.6) is 0 Å². The minimum absolute atomic E-state index is 0.280. The smallest absolute Gasteiger partial charge is 0.245 e. The van der Waals surface area contributed by atoms with E-state index in [9.17, 15) is 9.59 Å². The molecule has 0 saturated heterocycles. The second kappa shape index (κ2) is 5.71. The lowest BCUT2D eigenvalue weighted by Crippen LogP contribution is -2.43. The summed E-state index contributed by atoms with van der Waals surface area (Å²) in [6, 6.07) is 5.18. The van der Waals surface area contributed by atoms with Gasteiger partial charge in [0.15, 0.2) is 0 Å². The van der Waals surface area contributed by atoms with Gasteiger partial charge >= 0.3 is 0 Å². The molecule has 2 aliphatic rings. The van der Waals surface area contributed by atoms with Gasteiger partial charge in [-0.2, -0.15) is 0 Å². The van der Waals surface area contributed by atoms with E-state index in [0.29, 0.717) is 5.82 Å². The number of pyridine rings is 1. The standard InChI is InChI=1S/C17H14N2O2/c20-16(13-7-1-2-8-13)19(15-11-5-6-12-18-15)17(21)14-9-3-4-10-14/h1-14H. The lowest BCUT2D eigenvalue weighted by Gasteiger charge is -2.23. The summed E-state index contributed by atoms with van der Waals surface area (Å²) < 4.78 is 0. The van der Waals surface area contributed by atoms with E-state index in [-0.39, 0.29) is 11.8 Å². The Morgan fingerprint density at radius 3 is 1.81 bits per heavy atom. The maximum atomic E-state index is 12.7. The Morgan fingerprint density at radius 1 is 0.857 bits per heavy atom. The normalized spacial score (nSPS) is 16.8. The zero-order valence-corrected chi connectivity index (χ0v) is 11.3.